The average molecular weight is 223 g/mol. The Balaban J connectivity index is 2.91. The van der Waals surface area contributed by atoms with Crippen LogP contribution in [0.15, 0.2) is 18.2 Å². The van der Waals surface area contributed by atoms with E-state index in [0.717, 1.165) is 0 Å². The Morgan fingerprint density at radius 1 is 1.56 bits per heavy atom. The number of nitrogens with zero attached hydrogens (tertiary/aromatic N) is 1. The predicted molar refractivity (Wildman–Crippen MR) is 57.5 cm³/mol. The first kappa shape index (κ1) is 12.5. The Morgan fingerprint density at radius 3 is 2.69 bits per heavy atom. The first-order valence-electron chi connectivity index (χ1n) is 4.89. The fourth-order valence-corrected chi connectivity index (χ4v) is 1.40. The molecule has 0 aliphatic heterocycles. The number of aliphatic hydroxyl groups excluding tert-OH is 1. The average Bonchev–Trinajstić information content (AvgIpc) is 2.29. The lowest BCUT2D eigenvalue weighted by Gasteiger charge is -2.18. The van der Waals surface area contributed by atoms with Gasteiger partial charge < -0.3 is 9.84 Å². The summed E-state index contributed by atoms with van der Waals surface area (Å²) in [5.41, 5.74) is -0.211. The molecule has 1 aromatic carbocycles. The minimum absolute atomic E-state index is 0.173. The van der Waals surface area contributed by atoms with Crippen LogP contribution in [0.1, 0.15) is 12.5 Å². The topological polar surface area (TPSA) is 53.2 Å². The van der Waals surface area contributed by atoms with Crippen molar-refractivity contribution in [2.45, 2.75) is 13.3 Å². The Bertz CT molecular complexity index is 414. The van der Waals surface area contributed by atoms with Crippen LogP contribution in [-0.4, -0.2) is 18.8 Å². The number of rotatable bonds is 4. The van der Waals surface area contributed by atoms with Crippen molar-refractivity contribution in [3.8, 4) is 11.8 Å². The van der Waals surface area contributed by atoms with Crippen molar-refractivity contribution in [1.29, 1.82) is 5.26 Å². The fourth-order valence-electron chi connectivity index (χ4n) is 1.40. The van der Waals surface area contributed by atoms with Crippen LogP contribution in [0.25, 0.3) is 0 Å². The number of methoxy groups -OCH3 is 1. The molecule has 0 aliphatic carbocycles. The van der Waals surface area contributed by atoms with Gasteiger partial charge in [0, 0.05) is 0 Å². The van der Waals surface area contributed by atoms with Gasteiger partial charge in [-0.2, -0.15) is 5.26 Å². The second-order valence-electron chi connectivity index (χ2n) is 3.98. The normalized spacial score (nSPS) is 13.9. The number of aliphatic hydroxyl groups is 1. The van der Waals surface area contributed by atoms with Crippen molar-refractivity contribution in [2.24, 2.45) is 5.41 Å². The molecule has 3 nitrogen and oxygen atoms in total. The summed E-state index contributed by atoms with van der Waals surface area (Å²) in [4.78, 5) is 0. The van der Waals surface area contributed by atoms with Crippen LogP contribution in [0.4, 0.5) is 4.39 Å². The first-order valence-corrected chi connectivity index (χ1v) is 4.89. The molecule has 0 radical (unpaired) electrons. The Kier molecular flexibility index (Phi) is 3.86. The summed E-state index contributed by atoms with van der Waals surface area (Å²) in [7, 11) is 1.39. The third kappa shape index (κ3) is 2.71. The van der Waals surface area contributed by atoms with E-state index in [1.807, 2.05) is 6.07 Å². The van der Waals surface area contributed by atoms with Crippen molar-refractivity contribution in [3.05, 3.63) is 29.6 Å². The number of hydrogen-bond acceptors (Lipinski definition) is 3. The van der Waals surface area contributed by atoms with E-state index in [4.69, 9.17) is 15.1 Å². The van der Waals surface area contributed by atoms with Crippen LogP contribution >= 0.6 is 0 Å². The van der Waals surface area contributed by atoms with E-state index < -0.39 is 11.2 Å². The van der Waals surface area contributed by atoms with Gasteiger partial charge in [0.25, 0.3) is 0 Å². The van der Waals surface area contributed by atoms with E-state index >= 15 is 0 Å². The molecule has 0 spiro atoms. The third-order valence-corrected chi connectivity index (χ3v) is 2.43. The summed E-state index contributed by atoms with van der Waals surface area (Å²) < 4.78 is 18.2. The molecule has 1 aromatic rings. The van der Waals surface area contributed by atoms with Gasteiger partial charge in [0.05, 0.1) is 25.2 Å². The number of halogens is 1. The molecule has 0 heterocycles. The lowest BCUT2D eigenvalue weighted by atomic mass is 9.86. The van der Waals surface area contributed by atoms with Crippen molar-refractivity contribution in [3.63, 3.8) is 0 Å². The zero-order valence-corrected chi connectivity index (χ0v) is 9.33. The van der Waals surface area contributed by atoms with Gasteiger partial charge in [0.1, 0.15) is 0 Å². The zero-order chi connectivity index (χ0) is 12.2. The fraction of sp³-hybridized carbons (Fsp3) is 0.417. The summed E-state index contributed by atoms with van der Waals surface area (Å²) in [5.74, 6) is -0.287. The lowest BCUT2D eigenvalue weighted by Crippen LogP contribution is -2.22. The monoisotopic (exact) mass is 223 g/mol. The van der Waals surface area contributed by atoms with Gasteiger partial charge in [-0.3, -0.25) is 0 Å². The van der Waals surface area contributed by atoms with Crippen LogP contribution in [0.5, 0.6) is 5.75 Å². The molecular weight excluding hydrogens is 209 g/mol. The Morgan fingerprint density at radius 2 is 2.25 bits per heavy atom. The highest BCUT2D eigenvalue weighted by atomic mass is 19.1. The van der Waals surface area contributed by atoms with Gasteiger partial charge in [0.2, 0.25) is 0 Å². The van der Waals surface area contributed by atoms with Crippen molar-refractivity contribution in [2.75, 3.05) is 13.7 Å². The van der Waals surface area contributed by atoms with E-state index in [9.17, 15) is 4.39 Å². The maximum atomic E-state index is 13.4. The largest absolute Gasteiger partial charge is 0.494 e. The molecule has 0 bridgehead atoms. The zero-order valence-electron chi connectivity index (χ0n) is 9.33. The van der Waals surface area contributed by atoms with Crippen LogP contribution in [0.3, 0.4) is 0 Å². The van der Waals surface area contributed by atoms with Crippen LogP contribution in [0.2, 0.25) is 0 Å². The maximum Gasteiger partial charge on any atom is 0.165 e. The summed E-state index contributed by atoms with van der Waals surface area (Å²) in [5, 5.41) is 18.0. The summed E-state index contributed by atoms with van der Waals surface area (Å²) in [6.07, 6.45) is 0.306. The van der Waals surface area contributed by atoms with Gasteiger partial charge in [-0.05, 0) is 31.0 Å². The van der Waals surface area contributed by atoms with E-state index in [1.54, 1.807) is 13.0 Å². The highest BCUT2D eigenvalue weighted by molar-refractivity contribution is 5.30. The van der Waals surface area contributed by atoms with Crippen molar-refractivity contribution >= 4 is 0 Å². The number of ether oxygens (including phenoxy) is 1. The van der Waals surface area contributed by atoms with Gasteiger partial charge in [-0.15, -0.1) is 0 Å². The Labute approximate surface area is 94.1 Å². The van der Waals surface area contributed by atoms with Crippen molar-refractivity contribution < 1.29 is 14.2 Å². The van der Waals surface area contributed by atoms with Crippen LogP contribution < -0.4 is 4.74 Å². The highest BCUT2D eigenvalue weighted by Gasteiger charge is 2.23. The van der Waals surface area contributed by atoms with Crippen LogP contribution in [0, 0.1) is 22.6 Å². The maximum absolute atomic E-state index is 13.4. The molecule has 4 heteroatoms. The summed E-state index contributed by atoms with van der Waals surface area (Å²) >= 11 is 0. The van der Waals surface area contributed by atoms with Gasteiger partial charge in [-0.25, -0.2) is 4.39 Å². The minimum atomic E-state index is -0.874. The minimum Gasteiger partial charge on any atom is -0.494 e. The smallest absolute Gasteiger partial charge is 0.165 e. The molecule has 86 valence electrons. The van der Waals surface area contributed by atoms with E-state index in [-0.39, 0.29) is 12.4 Å². The molecule has 1 unspecified atom stereocenters. The molecule has 0 aromatic heterocycles. The molecular formula is C12H14FNO2. The number of hydrogen-bond donors (Lipinski definition) is 1. The molecule has 1 N–H and O–H groups in total. The third-order valence-electron chi connectivity index (χ3n) is 2.43. The van der Waals surface area contributed by atoms with E-state index in [2.05, 4.69) is 0 Å². The SMILES string of the molecule is COc1ccc(CC(C)(C#N)CO)cc1F. The molecule has 0 saturated heterocycles. The summed E-state index contributed by atoms with van der Waals surface area (Å²) in [6.45, 7) is 1.38. The van der Waals surface area contributed by atoms with Crippen LogP contribution in [-0.2, 0) is 6.42 Å². The first-order chi connectivity index (χ1) is 7.54. The predicted octanol–water partition coefficient (Wildman–Crippen LogP) is 1.90. The number of nitriles is 1. The Hall–Kier alpha value is -1.60. The molecule has 0 amide bonds. The molecule has 1 atom stereocenters. The quantitative estimate of drug-likeness (QED) is 0.848. The van der Waals surface area contributed by atoms with E-state index in [0.29, 0.717) is 12.0 Å². The highest BCUT2D eigenvalue weighted by Crippen LogP contribution is 2.24. The molecule has 0 saturated carbocycles. The standard InChI is InChI=1S/C12H14FNO2/c1-12(7-14,8-15)6-9-3-4-11(16-2)10(13)5-9/h3-5,15H,6,8H2,1-2H3. The molecule has 1 rings (SSSR count). The van der Waals surface area contributed by atoms with Gasteiger partial charge in [-0.1, -0.05) is 6.07 Å². The van der Waals surface area contributed by atoms with E-state index in [1.165, 1.54) is 19.2 Å². The van der Waals surface area contributed by atoms with Gasteiger partial charge >= 0.3 is 0 Å². The van der Waals surface area contributed by atoms with Gasteiger partial charge in [0.15, 0.2) is 11.6 Å². The van der Waals surface area contributed by atoms with Crippen molar-refractivity contribution in [1.82, 2.24) is 0 Å². The second kappa shape index (κ2) is 4.95. The molecule has 16 heavy (non-hydrogen) atoms. The molecule has 0 aliphatic rings. The lowest BCUT2D eigenvalue weighted by molar-refractivity contribution is 0.190. The summed E-state index contributed by atoms with van der Waals surface area (Å²) in [6, 6.07) is 6.55. The molecule has 0 fully saturated rings. The second-order valence-corrected chi connectivity index (χ2v) is 3.98. The number of benzene rings is 1.